The van der Waals surface area contributed by atoms with Gasteiger partial charge in [-0.1, -0.05) is 30.3 Å². The molecule has 0 aliphatic carbocycles. The normalized spacial score (nSPS) is 10.6. The van der Waals surface area contributed by atoms with Crippen LogP contribution in [-0.4, -0.2) is 26.1 Å². The van der Waals surface area contributed by atoms with Crippen LogP contribution in [0.3, 0.4) is 0 Å². The molecular weight excluding hydrogens is 436 g/mol. The minimum absolute atomic E-state index is 0. The van der Waals surface area contributed by atoms with Crippen LogP contribution in [0, 0.1) is 5.82 Å². The minimum atomic E-state index is -0.364. The number of rotatable bonds is 5. The number of halogens is 2. The number of carbonyl (C=O) groups is 1. The van der Waals surface area contributed by atoms with Gasteiger partial charge in [-0.3, -0.25) is 4.99 Å². The Balaban J connectivity index is 0.00000312. The fraction of sp³-hybridized carbons (Fsp3) is 0.222. The number of hydrogen-bond donors (Lipinski definition) is 2. The number of ether oxygens (including phenoxy) is 1. The number of esters is 1. The van der Waals surface area contributed by atoms with Crippen molar-refractivity contribution < 1.29 is 13.9 Å². The van der Waals surface area contributed by atoms with E-state index in [1.54, 1.807) is 37.4 Å². The molecule has 0 aromatic heterocycles. The van der Waals surface area contributed by atoms with Gasteiger partial charge in [0.2, 0.25) is 0 Å². The number of carbonyl (C=O) groups excluding carboxylic acids is 1. The summed E-state index contributed by atoms with van der Waals surface area (Å²) in [6.07, 6.45) is 0. The summed E-state index contributed by atoms with van der Waals surface area (Å²) in [7, 11) is 3.00. The average Bonchev–Trinajstić information content (AvgIpc) is 2.63. The second-order valence-electron chi connectivity index (χ2n) is 5.06. The van der Waals surface area contributed by atoms with Crippen molar-refractivity contribution >= 4 is 35.9 Å². The number of hydrogen-bond acceptors (Lipinski definition) is 3. The molecule has 7 heteroatoms. The smallest absolute Gasteiger partial charge is 0.337 e. The highest BCUT2D eigenvalue weighted by Crippen LogP contribution is 2.06. The van der Waals surface area contributed by atoms with E-state index < -0.39 is 0 Å². The first-order valence-electron chi connectivity index (χ1n) is 7.49. The molecule has 0 amide bonds. The van der Waals surface area contributed by atoms with Crippen LogP contribution < -0.4 is 10.6 Å². The molecule has 5 nitrogen and oxygen atoms in total. The fourth-order valence-electron chi connectivity index (χ4n) is 2.10. The van der Waals surface area contributed by atoms with Crippen molar-refractivity contribution in [1.82, 2.24) is 10.6 Å². The molecule has 0 radical (unpaired) electrons. The maximum Gasteiger partial charge on any atom is 0.337 e. The van der Waals surface area contributed by atoms with Crippen molar-refractivity contribution in [3.05, 3.63) is 71.0 Å². The van der Waals surface area contributed by atoms with Crippen molar-refractivity contribution in [2.24, 2.45) is 4.99 Å². The third-order valence-electron chi connectivity index (χ3n) is 3.46. The van der Waals surface area contributed by atoms with Crippen molar-refractivity contribution in [3.63, 3.8) is 0 Å². The molecule has 2 N–H and O–H groups in total. The predicted octanol–water partition coefficient (Wildman–Crippen LogP) is 3.10. The van der Waals surface area contributed by atoms with E-state index in [1.807, 2.05) is 12.1 Å². The summed E-state index contributed by atoms with van der Waals surface area (Å²) in [6, 6.07) is 13.7. The number of benzene rings is 2. The van der Waals surface area contributed by atoms with Crippen LogP contribution >= 0.6 is 24.0 Å². The molecule has 134 valence electrons. The molecular formula is C18H21FIN3O2. The molecule has 0 unspecified atom stereocenters. The van der Waals surface area contributed by atoms with Gasteiger partial charge in [0.15, 0.2) is 5.96 Å². The molecule has 0 saturated heterocycles. The molecule has 0 atom stereocenters. The highest BCUT2D eigenvalue weighted by atomic mass is 127. The Hall–Kier alpha value is -2.16. The van der Waals surface area contributed by atoms with Crippen LogP contribution in [-0.2, 0) is 17.8 Å². The van der Waals surface area contributed by atoms with Crippen LogP contribution in [0.1, 0.15) is 21.5 Å². The molecule has 0 aliphatic rings. The first kappa shape index (κ1) is 20.9. The lowest BCUT2D eigenvalue weighted by Gasteiger charge is -2.12. The lowest BCUT2D eigenvalue weighted by Crippen LogP contribution is -2.36. The van der Waals surface area contributed by atoms with E-state index in [-0.39, 0.29) is 35.8 Å². The molecule has 25 heavy (non-hydrogen) atoms. The third kappa shape index (κ3) is 6.33. The zero-order valence-corrected chi connectivity index (χ0v) is 16.4. The first-order chi connectivity index (χ1) is 11.6. The summed E-state index contributed by atoms with van der Waals surface area (Å²) < 4.78 is 18.3. The summed E-state index contributed by atoms with van der Waals surface area (Å²) in [6.45, 7) is 0.867. The molecule has 2 aromatic rings. The van der Waals surface area contributed by atoms with Crippen molar-refractivity contribution in [2.75, 3.05) is 14.2 Å². The number of aliphatic imine (C=N–C) groups is 1. The molecule has 0 spiro atoms. The van der Waals surface area contributed by atoms with Crippen LogP contribution in [0.15, 0.2) is 53.5 Å². The molecule has 2 rings (SSSR count). The summed E-state index contributed by atoms with van der Waals surface area (Å²) in [5, 5.41) is 6.20. The van der Waals surface area contributed by atoms with Gasteiger partial charge in [0.05, 0.1) is 12.7 Å². The van der Waals surface area contributed by atoms with Crippen LogP contribution in [0.4, 0.5) is 4.39 Å². The maximum atomic E-state index is 13.6. The Labute approximate surface area is 163 Å². The van der Waals surface area contributed by atoms with Crippen molar-refractivity contribution in [3.8, 4) is 0 Å². The Morgan fingerprint density at radius 1 is 1.08 bits per heavy atom. The van der Waals surface area contributed by atoms with Gasteiger partial charge in [-0.15, -0.1) is 24.0 Å². The Morgan fingerprint density at radius 3 is 2.32 bits per heavy atom. The topological polar surface area (TPSA) is 62.7 Å². The van der Waals surface area contributed by atoms with Gasteiger partial charge in [-0.2, -0.15) is 0 Å². The van der Waals surface area contributed by atoms with Gasteiger partial charge >= 0.3 is 5.97 Å². The van der Waals surface area contributed by atoms with Gasteiger partial charge in [0.1, 0.15) is 5.82 Å². The second-order valence-corrected chi connectivity index (χ2v) is 5.06. The quantitative estimate of drug-likeness (QED) is 0.314. The van der Waals surface area contributed by atoms with Gasteiger partial charge < -0.3 is 15.4 Å². The molecule has 0 fully saturated rings. The molecule has 0 heterocycles. The van der Waals surface area contributed by atoms with Gasteiger partial charge in [-0.25, -0.2) is 9.18 Å². The molecule has 0 aliphatic heterocycles. The zero-order chi connectivity index (χ0) is 17.4. The number of nitrogens with zero attached hydrogens (tertiary/aromatic N) is 1. The van der Waals surface area contributed by atoms with Crippen LogP contribution in [0.5, 0.6) is 0 Å². The molecule has 0 saturated carbocycles. The minimum Gasteiger partial charge on any atom is -0.465 e. The maximum absolute atomic E-state index is 13.6. The van der Waals surface area contributed by atoms with Gasteiger partial charge in [-0.05, 0) is 23.8 Å². The molecule has 0 bridgehead atoms. The Morgan fingerprint density at radius 2 is 1.72 bits per heavy atom. The summed E-state index contributed by atoms with van der Waals surface area (Å²) >= 11 is 0. The SMILES string of the molecule is CN=C(NCc1ccc(C(=O)OC)cc1)NCc1ccccc1F.I. The summed E-state index contributed by atoms with van der Waals surface area (Å²) in [4.78, 5) is 15.5. The number of guanidine groups is 1. The van der Waals surface area contributed by atoms with Crippen molar-refractivity contribution in [1.29, 1.82) is 0 Å². The van der Waals surface area contributed by atoms with E-state index in [1.165, 1.54) is 13.2 Å². The Bertz CT molecular complexity index is 721. The number of nitrogens with one attached hydrogen (secondary N) is 2. The van der Waals surface area contributed by atoms with Crippen LogP contribution in [0.25, 0.3) is 0 Å². The van der Waals surface area contributed by atoms with Gasteiger partial charge in [0, 0.05) is 25.7 Å². The lowest BCUT2D eigenvalue weighted by molar-refractivity contribution is 0.0600. The summed E-state index contributed by atoms with van der Waals surface area (Å²) in [5.74, 6) is -0.0500. The lowest BCUT2D eigenvalue weighted by atomic mass is 10.1. The van der Waals surface area contributed by atoms with E-state index in [4.69, 9.17) is 0 Å². The highest BCUT2D eigenvalue weighted by molar-refractivity contribution is 14.0. The number of methoxy groups -OCH3 is 1. The monoisotopic (exact) mass is 457 g/mol. The fourth-order valence-corrected chi connectivity index (χ4v) is 2.10. The van der Waals surface area contributed by atoms with E-state index in [9.17, 15) is 9.18 Å². The standard InChI is InChI=1S/C18H20FN3O2.HI/c1-20-18(22-12-15-5-3-4-6-16(15)19)21-11-13-7-9-14(10-8-13)17(23)24-2;/h3-10H,11-12H2,1-2H3,(H2,20,21,22);1H. The predicted molar refractivity (Wildman–Crippen MR) is 107 cm³/mol. The molecule has 2 aromatic carbocycles. The highest BCUT2D eigenvalue weighted by Gasteiger charge is 2.05. The zero-order valence-electron chi connectivity index (χ0n) is 14.1. The second kappa shape index (κ2) is 10.7. The van der Waals surface area contributed by atoms with E-state index in [0.29, 0.717) is 30.2 Å². The van der Waals surface area contributed by atoms with Crippen LogP contribution in [0.2, 0.25) is 0 Å². The van der Waals surface area contributed by atoms with E-state index in [2.05, 4.69) is 20.4 Å². The van der Waals surface area contributed by atoms with E-state index in [0.717, 1.165) is 5.56 Å². The summed E-state index contributed by atoms with van der Waals surface area (Å²) in [5.41, 5.74) is 2.06. The van der Waals surface area contributed by atoms with Gasteiger partial charge in [0.25, 0.3) is 0 Å². The third-order valence-corrected chi connectivity index (χ3v) is 3.46. The van der Waals surface area contributed by atoms with Crippen molar-refractivity contribution in [2.45, 2.75) is 13.1 Å². The average molecular weight is 457 g/mol. The first-order valence-corrected chi connectivity index (χ1v) is 7.49. The largest absolute Gasteiger partial charge is 0.465 e. The Kier molecular flexibility index (Phi) is 8.90. The van der Waals surface area contributed by atoms with E-state index >= 15 is 0 Å².